The van der Waals surface area contributed by atoms with Crippen LogP contribution in [0.25, 0.3) is 43.1 Å². The molecule has 0 atom stereocenters. The highest BCUT2D eigenvalue weighted by Gasteiger charge is 2.25. The van der Waals surface area contributed by atoms with Crippen molar-refractivity contribution < 1.29 is 155 Å². The summed E-state index contributed by atoms with van der Waals surface area (Å²) >= 11 is 0. The standard InChI is InChI=1S/C41H28N6O15S4.3C12H27NO6/c48-39-33-11-7-27(15-25(33)19-35(65(57,58)59)37(39)46-44-29-5-1-23-17-31(63(51,52)53)9-3-21(23)13-29)42-41(50)43-28-8-12-34-26(16-28)20-36(66(60,61)62)38(40(34)49)47-45-30-6-2-24-18-32(64(54,55)56)10-4-22(24)14-30;3*14-4-10-17-7-1-13(2-8-18-11-5-15)3-9-19-12-6-16/h1-20,48-49H,(H2,42,43,50)(H,51,52,53)(H,54,55,56)(H,57,58,59)(H,60,61,62);3*14-16H,1-12H2. The normalized spacial score (nSPS) is 12.1. The van der Waals surface area contributed by atoms with Crippen LogP contribution in [0.15, 0.2) is 161 Å². The van der Waals surface area contributed by atoms with Crippen LogP contribution < -0.4 is 10.6 Å². The lowest BCUT2D eigenvalue weighted by atomic mass is 10.1. The number of nitrogens with zero attached hydrogens (tertiary/aromatic N) is 7. The summed E-state index contributed by atoms with van der Waals surface area (Å²) in [4.78, 5) is 17.2. The van der Waals surface area contributed by atoms with Gasteiger partial charge in [0.25, 0.3) is 40.5 Å². The molecule has 2 amide bonds. The number of benzene rings is 8. The lowest BCUT2D eigenvalue weighted by molar-refractivity contribution is 0.0325. The van der Waals surface area contributed by atoms with Gasteiger partial charge in [0.05, 0.1) is 200 Å². The lowest BCUT2D eigenvalue weighted by Gasteiger charge is -2.22. The molecule has 0 radical (unpaired) electrons. The predicted octanol–water partition coefficient (Wildman–Crippen LogP) is 4.12. The Bertz CT molecular complexity index is 4620. The van der Waals surface area contributed by atoms with Crippen molar-refractivity contribution in [2.45, 2.75) is 19.6 Å². The second-order valence-electron chi connectivity index (χ2n) is 25.8. The zero-order chi connectivity index (χ0) is 90.1. The lowest BCUT2D eigenvalue weighted by Crippen LogP contribution is -2.34. The number of aliphatic hydroxyl groups excluding tert-OH is 9. The van der Waals surface area contributed by atoms with Crippen LogP contribution in [0.3, 0.4) is 0 Å². The Labute approximate surface area is 711 Å². The molecule has 0 spiro atoms. The first-order valence-corrected chi connectivity index (χ1v) is 44.1. The van der Waals surface area contributed by atoms with E-state index in [4.69, 9.17) is 88.6 Å². The van der Waals surface area contributed by atoms with E-state index in [9.17, 15) is 66.9 Å². The molecule has 123 heavy (non-hydrogen) atoms. The number of carbonyl (C=O) groups excluding carboxylic acids is 1. The van der Waals surface area contributed by atoms with E-state index in [0.29, 0.717) is 140 Å². The van der Waals surface area contributed by atoms with Crippen molar-refractivity contribution in [3.8, 4) is 11.5 Å². The van der Waals surface area contributed by atoms with Gasteiger partial charge in [-0.3, -0.25) is 32.9 Å². The van der Waals surface area contributed by atoms with Gasteiger partial charge < -0.3 is 109 Å². The van der Waals surface area contributed by atoms with Gasteiger partial charge in [0, 0.05) is 81.1 Å². The first-order chi connectivity index (χ1) is 59.0. The number of amides is 2. The van der Waals surface area contributed by atoms with Crippen LogP contribution in [0, 0.1) is 0 Å². The summed E-state index contributed by atoms with van der Waals surface area (Å²) in [5.74, 6) is -1.39. The molecule has 8 aromatic carbocycles. The summed E-state index contributed by atoms with van der Waals surface area (Å²) in [5.41, 5.74) is -0.812. The third kappa shape index (κ3) is 39.4. The number of carbonyl (C=O) groups is 1. The Morgan fingerprint density at radius 1 is 0.285 bits per heavy atom. The highest BCUT2D eigenvalue weighted by atomic mass is 32.2. The number of ether oxygens (including phenoxy) is 9. The topological polar surface area (TPSA) is 623 Å². The average molecular weight is 1820 g/mol. The number of aromatic hydroxyl groups is 2. The maximum Gasteiger partial charge on any atom is 0.323 e. The van der Waals surface area contributed by atoms with Crippen LogP contribution in [-0.4, -0.2) is 366 Å². The molecule has 0 saturated carbocycles. The number of phenols is 2. The number of hydrogen-bond acceptors (Lipinski definition) is 36. The van der Waals surface area contributed by atoms with E-state index in [1.165, 1.54) is 97.1 Å². The van der Waals surface area contributed by atoms with E-state index in [1.807, 2.05) is 0 Å². The van der Waals surface area contributed by atoms with Crippen molar-refractivity contribution >= 4 is 124 Å². The molecule has 46 heteroatoms. The maximum atomic E-state index is 13.1. The molecular formula is C77H109N9O33S4. The smallest absolute Gasteiger partial charge is 0.323 e. The van der Waals surface area contributed by atoms with Crippen LogP contribution in [0.4, 0.5) is 38.9 Å². The average Bonchev–Trinajstić information content (AvgIpc) is 0.769. The highest BCUT2D eigenvalue weighted by Crippen LogP contribution is 2.44. The van der Waals surface area contributed by atoms with Gasteiger partial charge in [0.15, 0.2) is 11.5 Å². The van der Waals surface area contributed by atoms with Gasteiger partial charge in [-0.2, -0.15) is 43.9 Å². The minimum Gasteiger partial charge on any atom is -0.505 e. The number of hydrogen-bond donors (Lipinski definition) is 17. The Balaban J connectivity index is 0.000000381. The zero-order valence-corrected chi connectivity index (χ0v) is 70.6. The fourth-order valence-electron chi connectivity index (χ4n) is 11.1. The quantitative estimate of drug-likeness (QED) is 0.0145. The van der Waals surface area contributed by atoms with Crippen molar-refractivity contribution in [1.82, 2.24) is 14.7 Å². The molecule has 17 N–H and O–H groups in total. The monoisotopic (exact) mass is 1820 g/mol. The maximum absolute atomic E-state index is 13.1. The van der Waals surface area contributed by atoms with E-state index in [0.717, 1.165) is 83.2 Å². The molecule has 42 nitrogen and oxygen atoms in total. The summed E-state index contributed by atoms with van der Waals surface area (Å²) in [6.07, 6.45) is 0. The van der Waals surface area contributed by atoms with Gasteiger partial charge in [-0.25, -0.2) is 4.79 Å². The molecular weight excluding hydrogens is 1710 g/mol. The van der Waals surface area contributed by atoms with Crippen LogP contribution in [0.2, 0.25) is 0 Å². The van der Waals surface area contributed by atoms with Crippen molar-refractivity contribution in [2.75, 3.05) is 248 Å². The second kappa shape index (κ2) is 57.3. The summed E-state index contributed by atoms with van der Waals surface area (Å²) in [6.45, 7) is 14.8. The molecule has 0 bridgehead atoms. The molecule has 0 fully saturated rings. The molecule has 0 unspecified atom stereocenters. The third-order valence-electron chi connectivity index (χ3n) is 17.0. The highest BCUT2D eigenvalue weighted by molar-refractivity contribution is 7.86. The summed E-state index contributed by atoms with van der Waals surface area (Å²) in [5, 5.41) is 122. The molecule has 0 heterocycles. The number of rotatable bonds is 55. The van der Waals surface area contributed by atoms with Crippen LogP contribution in [0.5, 0.6) is 11.5 Å². The van der Waals surface area contributed by atoms with Crippen LogP contribution in [-0.2, 0) is 83.1 Å². The number of aliphatic hydroxyl groups is 9. The van der Waals surface area contributed by atoms with Gasteiger partial charge in [0.1, 0.15) is 21.2 Å². The molecule has 684 valence electrons. The number of fused-ring (bicyclic) bond motifs is 4. The van der Waals surface area contributed by atoms with Gasteiger partial charge in [0.2, 0.25) is 0 Å². The first-order valence-electron chi connectivity index (χ1n) is 38.3. The molecule has 0 aliphatic rings. The number of urea groups is 1. The number of anilines is 2. The molecule has 0 aromatic heterocycles. The van der Waals surface area contributed by atoms with Gasteiger partial charge in [-0.05, 0) is 129 Å². The SMILES string of the molecule is O=C(Nc1ccc2c(O)c(N=Nc3ccc4cc(S(=O)(=O)O)ccc4c3)c(S(=O)(=O)O)cc2c1)Nc1ccc2c(O)c(N=Nc3ccc4cc(S(=O)(=O)O)ccc4c3)c(S(=O)(=O)O)cc2c1.OCCOCCN(CCOCCO)CCOCCO.OCCOCCN(CCOCCO)CCOCCO.OCCOCCN(CCOCCO)CCOCCO. The largest absolute Gasteiger partial charge is 0.505 e. The molecule has 8 aromatic rings. The Morgan fingerprint density at radius 3 is 0.764 bits per heavy atom. The first kappa shape index (κ1) is 105. The van der Waals surface area contributed by atoms with Crippen LogP contribution in [0.1, 0.15) is 0 Å². The predicted molar refractivity (Wildman–Crippen MR) is 450 cm³/mol. The minimum absolute atomic E-state index is 0.0268. The number of nitrogens with one attached hydrogen (secondary N) is 2. The number of phenolic OH excluding ortho intramolecular Hbond substituents is 2. The van der Waals surface area contributed by atoms with Crippen molar-refractivity contribution in [2.24, 2.45) is 20.5 Å². The van der Waals surface area contributed by atoms with Crippen molar-refractivity contribution in [3.63, 3.8) is 0 Å². The van der Waals surface area contributed by atoms with E-state index in [1.54, 1.807) is 0 Å². The summed E-state index contributed by atoms with van der Waals surface area (Å²) in [7, 11) is -19.0. The molecule has 0 aliphatic heterocycles. The van der Waals surface area contributed by atoms with Crippen LogP contribution >= 0.6 is 0 Å². The number of azo groups is 2. The molecule has 0 aliphatic carbocycles. The van der Waals surface area contributed by atoms with Gasteiger partial charge in [-0.1, -0.05) is 24.3 Å². The summed E-state index contributed by atoms with van der Waals surface area (Å²) < 4.78 is 182. The molecule has 0 saturated heterocycles. The fourth-order valence-corrected chi connectivity index (χ4v) is 13.4. The zero-order valence-electron chi connectivity index (χ0n) is 67.3. The molecule has 8 rings (SSSR count). The Kier molecular flexibility index (Phi) is 49.0. The van der Waals surface area contributed by atoms with E-state index < -0.39 is 79.2 Å². The minimum atomic E-state index is -5.04. The van der Waals surface area contributed by atoms with E-state index in [-0.39, 0.29) is 114 Å². The Morgan fingerprint density at radius 2 is 0.528 bits per heavy atom. The van der Waals surface area contributed by atoms with Gasteiger partial charge >= 0.3 is 6.03 Å². The summed E-state index contributed by atoms with van der Waals surface area (Å²) in [6, 6.07) is 25.3. The second-order valence-corrected chi connectivity index (χ2v) is 31.5. The van der Waals surface area contributed by atoms with Crippen molar-refractivity contribution in [1.29, 1.82) is 0 Å². The Hall–Kier alpha value is -8.33. The van der Waals surface area contributed by atoms with E-state index in [2.05, 4.69) is 45.8 Å². The van der Waals surface area contributed by atoms with Crippen molar-refractivity contribution in [3.05, 3.63) is 121 Å². The van der Waals surface area contributed by atoms with E-state index >= 15 is 0 Å². The third-order valence-corrected chi connectivity index (χ3v) is 20.4. The fraction of sp³-hybridized carbons (Fsp3) is 0.468. The van der Waals surface area contributed by atoms with Gasteiger partial charge in [-0.15, -0.1) is 10.2 Å².